The van der Waals surface area contributed by atoms with Gasteiger partial charge in [-0.1, -0.05) is 24.3 Å². The molecule has 7 aromatic rings. The molecular formula is C37H30N10O13S4. The second-order valence-electron chi connectivity index (χ2n) is 13.2. The number of nitrogens with zero attached hydrogens (tertiary/aromatic N) is 7. The molecule has 0 atom stereocenters. The number of anilines is 5. The molecule has 0 fully saturated rings. The van der Waals surface area contributed by atoms with Crippen LogP contribution in [0.1, 0.15) is 0 Å². The number of benzene rings is 6. The maximum absolute atomic E-state index is 12.2. The summed E-state index contributed by atoms with van der Waals surface area (Å²) in [7, 11) is -19.3. The van der Waals surface area contributed by atoms with Gasteiger partial charge < -0.3 is 21.1 Å². The van der Waals surface area contributed by atoms with Gasteiger partial charge in [0.2, 0.25) is 17.8 Å². The van der Waals surface area contributed by atoms with E-state index in [2.05, 4.69) is 51.4 Å². The van der Waals surface area contributed by atoms with E-state index in [1.165, 1.54) is 60.7 Å². The van der Waals surface area contributed by atoms with Gasteiger partial charge in [0.05, 0.1) is 29.4 Å². The van der Waals surface area contributed by atoms with E-state index in [-0.39, 0.29) is 75.3 Å². The van der Waals surface area contributed by atoms with Crippen molar-refractivity contribution in [2.24, 2.45) is 20.5 Å². The summed E-state index contributed by atoms with van der Waals surface area (Å²) in [5, 5.41) is 33.6. The topological polar surface area (TPSA) is 362 Å². The fourth-order valence-electron chi connectivity index (χ4n) is 6.06. The zero-order valence-electron chi connectivity index (χ0n) is 32.1. The molecule has 0 amide bonds. The van der Waals surface area contributed by atoms with E-state index in [1.807, 2.05) is 0 Å². The highest BCUT2D eigenvalue weighted by Crippen LogP contribution is 2.36. The van der Waals surface area contributed by atoms with Crippen LogP contribution in [0.3, 0.4) is 0 Å². The van der Waals surface area contributed by atoms with Gasteiger partial charge in [0.15, 0.2) is 0 Å². The van der Waals surface area contributed by atoms with Gasteiger partial charge in [-0.05, 0) is 84.9 Å². The first-order chi connectivity index (χ1) is 30.2. The molecule has 330 valence electrons. The Morgan fingerprint density at radius 2 is 0.781 bits per heavy atom. The summed E-state index contributed by atoms with van der Waals surface area (Å²) in [4.78, 5) is 10.5. The summed E-state index contributed by atoms with van der Waals surface area (Å²) in [5.74, 6) is 0.190. The lowest BCUT2D eigenvalue weighted by molar-refractivity contribution is 0.310. The predicted octanol–water partition coefficient (Wildman–Crippen LogP) is 6.89. The molecule has 1 heterocycles. The van der Waals surface area contributed by atoms with Crippen molar-refractivity contribution in [1.29, 1.82) is 0 Å². The van der Waals surface area contributed by atoms with Crippen molar-refractivity contribution in [2.45, 2.75) is 19.6 Å². The molecule has 0 aliphatic heterocycles. The number of azo groups is 2. The Bertz CT molecular complexity index is 3260. The van der Waals surface area contributed by atoms with Gasteiger partial charge in [-0.3, -0.25) is 18.2 Å². The van der Waals surface area contributed by atoms with Gasteiger partial charge in [-0.2, -0.15) is 69.1 Å². The Morgan fingerprint density at radius 1 is 0.422 bits per heavy atom. The van der Waals surface area contributed by atoms with Gasteiger partial charge in [-0.25, -0.2) is 0 Å². The normalized spacial score (nSPS) is 12.6. The van der Waals surface area contributed by atoms with E-state index in [9.17, 15) is 57.0 Å². The number of fused-ring (bicyclic) bond motifs is 2. The van der Waals surface area contributed by atoms with Gasteiger partial charge in [-0.15, -0.1) is 0 Å². The van der Waals surface area contributed by atoms with Crippen LogP contribution in [-0.4, -0.2) is 85.1 Å². The first-order valence-corrected chi connectivity index (χ1v) is 23.6. The molecular weight excluding hydrogens is 921 g/mol. The zero-order valence-corrected chi connectivity index (χ0v) is 35.3. The number of aliphatic hydroxyl groups is 1. The first kappa shape index (κ1) is 45.1. The van der Waals surface area contributed by atoms with Crippen molar-refractivity contribution < 1.29 is 57.0 Å². The quantitative estimate of drug-likeness (QED) is 0.0383. The summed E-state index contributed by atoms with van der Waals surface area (Å²) in [6, 6.07) is 23.8. The van der Waals surface area contributed by atoms with Gasteiger partial charge >= 0.3 is 0 Å². The molecule has 1 aromatic heterocycles. The van der Waals surface area contributed by atoms with Crippen LogP contribution >= 0.6 is 0 Å². The van der Waals surface area contributed by atoms with Crippen molar-refractivity contribution in [2.75, 3.05) is 29.1 Å². The highest BCUT2D eigenvalue weighted by atomic mass is 32.2. The van der Waals surface area contributed by atoms with E-state index in [0.717, 1.165) is 24.3 Å². The van der Waals surface area contributed by atoms with Crippen LogP contribution in [0.5, 0.6) is 0 Å². The average Bonchev–Trinajstić information content (AvgIpc) is 3.22. The van der Waals surface area contributed by atoms with E-state index < -0.39 is 60.1 Å². The monoisotopic (exact) mass is 950 g/mol. The van der Waals surface area contributed by atoms with Crippen molar-refractivity contribution in [3.05, 3.63) is 109 Å². The molecule has 64 heavy (non-hydrogen) atoms. The Morgan fingerprint density at radius 3 is 1.14 bits per heavy atom. The molecule has 0 bridgehead atoms. The van der Waals surface area contributed by atoms with Crippen molar-refractivity contribution in [3.8, 4) is 0 Å². The minimum atomic E-state index is -4.86. The Balaban J connectivity index is 1.09. The number of nitrogens with one attached hydrogen (secondary N) is 3. The lowest BCUT2D eigenvalue weighted by Crippen LogP contribution is -2.12. The maximum Gasteiger partial charge on any atom is 0.295 e. The second kappa shape index (κ2) is 17.7. The Hall–Kier alpha value is -6.95. The molecule has 0 spiro atoms. The van der Waals surface area contributed by atoms with Gasteiger partial charge in [0, 0.05) is 39.5 Å². The maximum atomic E-state index is 12.2. The fraction of sp³-hybridized carbons (Fsp3) is 0.0541. The molecule has 0 unspecified atom stereocenters. The van der Waals surface area contributed by atoms with Crippen LogP contribution in [0.2, 0.25) is 0 Å². The van der Waals surface area contributed by atoms with Gasteiger partial charge in [0.25, 0.3) is 40.5 Å². The minimum absolute atomic E-state index is 0.0538. The molecule has 8 N–H and O–H groups in total. The lowest BCUT2D eigenvalue weighted by atomic mass is 10.1. The molecule has 0 saturated carbocycles. The number of hydrogen-bond acceptors (Lipinski definition) is 19. The average molecular weight is 951 g/mol. The van der Waals surface area contributed by atoms with Crippen LogP contribution in [0, 0.1) is 0 Å². The van der Waals surface area contributed by atoms with Crippen LogP contribution in [-0.2, 0) is 40.5 Å². The standard InChI is InChI=1S/C37H30N10O13S4/c48-16-15-38-35-41-36(39-21-7-11-23(12-8-21)44-46-25-17-29-27(33(19-25)63(55,56)57)3-1-5-31(29)61(49,50)51)43-37(42-35)40-22-9-13-24(14-10-22)45-47-26-18-30-28(34(20-26)64(58,59)60)4-2-6-32(30)62(52,53)54/h1-14,17-20,48H,15-16H2,(H,49,50,51)(H,52,53,54)(H,55,56,57)(H,58,59,60)(H3,38,39,40,41,42,43). The second-order valence-corrected chi connectivity index (χ2v) is 18.8. The summed E-state index contributed by atoms with van der Waals surface area (Å²) in [6.07, 6.45) is 0. The van der Waals surface area contributed by atoms with Crippen LogP contribution in [0.25, 0.3) is 21.5 Å². The van der Waals surface area contributed by atoms with Crippen LogP contribution in [0.15, 0.2) is 149 Å². The van der Waals surface area contributed by atoms with Crippen LogP contribution < -0.4 is 16.0 Å². The number of aromatic nitrogens is 3. The van der Waals surface area contributed by atoms with Crippen molar-refractivity contribution in [3.63, 3.8) is 0 Å². The van der Waals surface area contributed by atoms with Crippen molar-refractivity contribution in [1.82, 2.24) is 15.0 Å². The molecule has 23 nitrogen and oxygen atoms in total. The highest BCUT2D eigenvalue weighted by Gasteiger charge is 2.23. The third kappa shape index (κ3) is 10.6. The third-order valence-electron chi connectivity index (χ3n) is 8.76. The van der Waals surface area contributed by atoms with E-state index in [1.54, 1.807) is 24.3 Å². The van der Waals surface area contributed by atoms with E-state index in [0.29, 0.717) is 11.4 Å². The molecule has 0 aliphatic carbocycles. The number of rotatable bonds is 15. The largest absolute Gasteiger partial charge is 0.395 e. The van der Waals surface area contributed by atoms with Crippen LogP contribution in [0.4, 0.5) is 52.0 Å². The molecule has 0 saturated heterocycles. The summed E-state index contributed by atoms with van der Waals surface area (Å²) < 4.78 is 136. The zero-order chi connectivity index (χ0) is 46.0. The third-order valence-corrected chi connectivity index (χ3v) is 12.4. The number of hydrogen-bond donors (Lipinski definition) is 8. The predicted molar refractivity (Wildman–Crippen MR) is 230 cm³/mol. The molecule has 6 aromatic carbocycles. The molecule has 27 heteroatoms. The highest BCUT2D eigenvalue weighted by molar-refractivity contribution is 7.87. The smallest absolute Gasteiger partial charge is 0.295 e. The first-order valence-electron chi connectivity index (χ1n) is 17.9. The van der Waals surface area contributed by atoms with E-state index in [4.69, 9.17) is 0 Å². The summed E-state index contributed by atoms with van der Waals surface area (Å²) in [5.41, 5.74) is 1.14. The summed E-state index contributed by atoms with van der Waals surface area (Å²) >= 11 is 0. The van der Waals surface area contributed by atoms with Crippen molar-refractivity contribution >= 4 is 114 Å². The van der Waals surface area contributed by atoms with E-state index >= 15 is 0 Å². The Labute approximate surface area is 362 Å². The molecule has 0 radical (unpaired) electrons. The molecule has 0 aliphatic rings. The Kier molecular flexibility index (Phi) is 12.4. The molecule has 7 rings (SSSR count). The fourth-order valence-corrected chi connectivity index (χ4v) is 8.90. The lowest BCUT2D eigenvalue weighted by Gasteiger charge is -2.11. The number of aliphatic hydroxyl groups excluding tert-OH is 1. The minimum Gasteiger partial charge on any atom is -0.395 e. The summed E-state index contributed by atoms with van der Waals surface area (Å²) in [6.45, 7) is -0.137. The van der Waals surface area contributed by atoms with Gasteiger partial charge in [0.1, 0.15) is 19.6 Å². The SMILES string of the molecule is O=S(=O)(O)c1cc(N=Nc2ccc(Nc3nc(NCCO)nc(Nc4ccc(N=Nc5cc(S(=O)(=O)O)c6cccc(S(=O)(=O)O)c6c5)cc4)n3)cc2)cc2c(S(=O)(=O)O)cccc12.